The first kappa shape index (κ1) is 24.4. The highest BCUT2D eigenvalue weighted by Gasteiger charge is 2.21. The number of carbonyl (C=O) groups excluding carboxylic acids is 1. The Hall–Kier alpha value is -1.62. The number of methoxy groups -OCH3 is 1. The predicted octanol–water partition coefficient (Wildman–Crippen LogP) is 1.68. The topological polar surface area (TPSA) is 69.2 Å². The first-order valence-corrected chi connectivity index (χ1v) is 9.36. The summed E-state index contributed by atoms with van der Waals surface area (Å²) in [6.45, 7) is 4.89. The van der Waals surface area contributed by atoms with Gasteiger partial charge in [-0.05, 0) is 30.7 Å². The van der Waals surface area contributed by atoms with E-state index >= 15 is 0 Å². The smallest absolute Gasteiger partial charge is 0.224 e. The molecule has 0 saturated carbocycles. The fourth-order valence-electron chi connectivity index (χ4n) is 2.96. The van der Waals surface area contributed by atoms with Crippen LogP contribution in [0.1, 0.15) is 12.8 Å². The maximum atomic E-state index is 13.0. The summed E-state index contributed by atoms with van der Waals surface area (Å²) in [7, 11) is 3.39. The molecule has 7 nitrogen and oxygen atoms in total. The van der Waals surface area contributed by atoms with Crippen LogP contribution < -0.4 is 15.5 Å². The number of benzene rings is 1. The van der Waals surface area contributed by atoms with Crippen LogP contribution in [0.4, 0.5) is 10.1 Å². The number of nitrogens with one attached hydrogen (secondary N) is 2. The van der Waals surface area contributed by atoms with E-state index in [1.165, 1.54) is 12.1 Å². The van der Waals surface area contributed by atoms with Gasteiger partial charge in [0, 0.05) is 72.1 Å². The molecular weight excluding hydrogens is 476 g/mol. The summed E-state index contributed by atoms with van der Waals surface area (Å²) in [5, 5.41) is 6.35. The average molecular weight is 507 g/mol. The predicted molar refractivity (Wildman–Crippen MR) is 121 cm³/mol. The summed E-state index contributed by atoms with van der Waals surface area (Å²) in [5.74, 6) is 0.597. The number of nitrogens with zero attached hydrogens (tertiary/aromatic N) is 3. The van der Waals surface area contributed by atoms with E-state index in [-0.39, 0.29) is 35.7 Å². The lowest BCUT2D eigenvalue weighted by Gasteiger charge is -2.36. The molecular formula is C19H31FIN5O2. The minimum atomic E-state index is -0.233. The highest BCUT2D eigenvalue weighted by Crippen LogP contribution is 2.17. The van der Waals surface area contributed by atoms with Gasteiger partial charge >= 0.3 is 0 Å². The molecule has 158 valence electrons. The molecule has 0 aromatic heterocycles. The summed E-state index contributed by atoms with van der Waals surface area (Å²) < 4.78 is 18.0. The molecule has 0 spiro atoms. The zero-order valence-corrected chi connectivity index (χ0v) is 18.9. The summed E-state index contributed by atoms with van der Waals surface area (Å²) in [6, 6.07) is 6.49. The molecule has 1 aromatic rings. The third-order valence-electron chi connectivity index (χ3n) is 4.50. The van der Waals surface area contributed by atoms with Crippen molar-refractivity contribution in [2.24, 2.45) is 4.99 Å². The zero-order chi connectivity index (χ0) is 19.5. The van der Waals surface area contributed by atoms with Gasteiger partial charge in [0.2, 0.25) is 5.91 Å². The summed E-state index contributed by atoms with van der Waals surface area (Å²) in [5.41, 5.74) is 0.994. The van der Waals surface area contributed by atoms with Gasteiger partial charge in [-0.25, -0.2) is 4.39 Å². The van der Waals surface area contributed by atoms with Gasteiger partial charge < -0.3 is 25.2 Å². The van der Waals surface area contributed by atoms with Crippen molar-refractivity contribution in [2.45, 2.75) is 12.8 Å². The second kappa shape index (κ2) is 13.5. The number of amides is 1. The van der Waals surface area contributed by atoms with Gasteiger partial charge in [0.05, 0.1) is 0 Å². The maximum Gasteiger partial charge on any atom is 0.224 e. The van der Waals surface area contributed by atoms with Crippen molar-refractivity contribution in [1.82, 2.24) is 15.5 Å². The molecule has 1 saturated heterocycles. The molecule has 9 heteroatoms. The van der Waals surface area contributed by atoms with Crippen molar-refractivity contribution >= 4 is 41.5 Å². The molecule has 2 N–H and O–H groups in total. The normalized spacial score (nSPS) is 14.5. The average Bonchev–Trinajstić information content (AvgIpc) is 2.70. The monoisotopic (exact) mass is 507 g/mol. The van der Waals surface area contributed by atoms with Crippen LogP contribution in [-0.4, -0.2) is 76.8 Å². The summed E-state index contributed by atoms with van der Waals surface area (Å²) in [6.07, 6.45) is 1.32. The number of piperazine rings is 1. The van der Waals surface area contributed by atoms with Crippen LogP contribution in [-0.2, 0) is 9.53 Å². The van der Waals surface area contributed by atoms with Crippen LogP contribution in [0, 0.1) is 5.82 Å². The minimum Gasteiger partial charge on any atom is -0.385 e. The molecule has 1 heterocycles. The molecule has 0 aliphatic carbocycles. The van der Waals surface area contributed by atoms with E-state index in [0.717, 1.165) is 31.7 Å². The second-order valence-corrected chi connectivity index (χ2v) is 6.37. The van der Waals surface area contributed by atoms with E-state index < -0.39 is 0 Å². The van der Waals surface area contributed by atoms with E-state index in [0.29, 0.717) is 38.6 Å². The summed E-state index contributed by atoms with van der Waals surface area (Å²) in [4.78, 5) is 20.6. The lowest BCUT2D eigenvalue weighted by Crippen LogP contribution is -2.49. The molecule has 1 amide bonds. The molecule has 1 aliphatic rings. The number of rotatable bonds is 8. The number of halogens is 2. The van der Waals surface area contributed by atoms with E-state index in [1.54, 1.807) is 26.3 Å². The number of anilines is 1. The number of hydrogen-bond acceptors (Lipinski definition) is 4. The Labute approximate surface area is 183 Å². The van der Waals surface area contributed by atoms with E-state index in [2.05, 4.69) is 20.5 Å². The van der Waals surface area contributed by atoms with Crippen LogP contribution in [0.15, 0.2) is 29.3 Å². The van der Waals surface area contributed by atoms with Crippen LogP contribution in [0.5, 0.6) is 0 Å². The number of ether oxygens (including phenoxy) is 1. The van der Waals surface area contributed by atoms with Crippen LogP contribution >= 0.6 is 24.0 Å². The molecule has 28 heavy (non-hydrogen) atoms. The lowest BCUT2D eigenvalue weighted by molar-refractivity contribution is -0.131. The number of hydrogen-bond donors (Lipinski definition) is 2. The number of aliphatic imine (C=N–C) groups is 1. The van der Waals surface area contributed by atoms with Gasteiger partial charge in [-0.3, -0.25) is 9.79 Å². The molecule has 1 aromatic carbocycles. The first-order valence-electron chi connectivity index (χ1n) is 9.36. The fourth-order valence-corrected chi connectivity index (χ4v) is 2.96. The third kappa shape index (κ3) is 8.17. The number of carbonyl (C=O) groups is 1. The Morgan fingerprint density at radius 3 is 2.39 bits per heavy atom. The van der Waals surface area contributed by atoms with Crippen molar-refractivity contribution < 1.29 is 13.9 Å². The highest BCUT2D eigenvalue weighted by atomic mass is 127. The van der Waals surface area contributed by atoms with Crippen LogP contribution in [0.3, 0.4) is 0 Å². The Morgan fingerprint density at radius 1 is 1.14 bits per heavy atom. The first-order chi connectivity index (χ1) is 13.1. The van der Waals surface area contributed by atoms with Crippen molar-refractivity contribution in [3.05, 3.63) is 30.1 Å². The molecule has 0 atom stereocenters. The molecule has 1 fully saturated rings. The highest BCUT2D eigenvalue weighted by molar-refractivity contribution is 14.0. The van der Waals surface area contributed by atoms with Crippen LogP contribution in [0.2, 0.25) is 0 Å². The zero-order valence-electron chi connectivity index (χ0n) is 16.6. The molecule has 0 radical (unpaired) electrons. The lowest BCUT2D eigenvalue weighted by atomic mass is 10.2. The van der Waals surface area contributed by atoms with Gasteiger partial charge in [0.15, 0.2) is 5.96 Å². The Bertz CT molecular complexity index is 607. The molecule has 2 rings (SSSR count). The quantitative estimate of drug-likeness (QED) is 0.243. The van der Waals surface area contributed by atoms with Gasteiger partial charge in [-0.15, -0.1) is 24.0 Å². The summed E-state index contributed by atoms with van der Waals surface area (Å²) >= 11 is 0. The van der Waals surface area contributed by atoms with Crippen molar-refractivity contribution in [2.75, 3.05) is 64.9 Å². The van der Waals surface area contributed by atoms with Crippen molar-refractivity contribution in [3.8, 4) is 0 Å². The van der Waals surface area contributed by atoms with Gasteiger partial charge in [0.1, 0.15) is 5.82 Å². The largest absolute Gasteiger partial charge is 0.385 e. The molecule has 1 aliphatic heterocycles. The maximum absolute atomic E-state index is 13.0. The standard InChI is InChI=1S/C19H30FN5O2.HI/c1-21-19(22-9-3-15-27-2)23-10-8-18(26)25-13-11-24(12-14-25)17-6-4-16(20)5-7-17;/h4-7H,3,8-15H2,1-2H3,(H2,21,22,23);1H. The van der Waals surface area contributed by atoms with E-state index in [9.17, 15) is 9.18 Å². The van der Waals surface area contributed by atoms with Gasteiger partial charge in [-0.1, -0.05) is 0 Å². The van der Waals surface area contributed by atoms with E-state index in [4.69, 9.17) is 4.74 Å². The fraction of sp³-hybridized carbons (Fsp3) is 0.579. The molecule has 0 unspecified atom stereocenters. The van der Waals surface area contributed by atoms with Crippen molar-refractivity contribution in [1.29, 1.82) is 0 Å². The SMILES string of the molecule is CN=C(NCCCOC)NCCC(=O)N1CCN(c2ccc(F)cc2)CC1.I. The second-order valence-electron chi connectivity index (χ2n) is 6.37. The van der Waals surface area contributed by atoms with Crippen molar-refractivity contribution in [3.63, 3.8) is 0 Å². The van der Waals surface area contributed by atoms with Gasteiger partial charge in [-0.2, -0.15) is 0 Å². The van der Waals surface area contributed by atoms with Gasteiger partial charge in [0.25, 0.3) is 0 Å². The Morgan fingerprint density at radius 2 is 1.79 bits per heavy atom. The van der Waals surface area contributed by atoms with Crippen LogP contribution in [0.25, 0.3) is 0 Å². The third-order valence-corrected chi connectivity index (χ3v) is 4.50. The Balaban J connectivity index is 0.00000392. The number of guanidine groups is 1. The van der Waals surface area contributed by atoms with E-state index in [1.807, 2.05) is 4.90 Å². The molecule has 0 bridgehead atoms. The minimum absolute atomic E-state index is 0. The Kier molecular flexibility index (Phi) is 11.8.